The lowest BCUT2D eigenvalue weighted by molar-refractivity contribution is -0.112. The SMILES string of the molecule is Cc1cccc(C(C)/C(=N/O)C(N)=O)c1C. The van der Waals surface area contributed by atoms with Crippen LogP contribution in [0, 0.1) is 13.8 Å². The van der Waals surface area contributed by atoms with Crippen LogP contribution in [0.25, 0.3) is 0 Å². The number of oxime groups is 1. The van der Waals surface area contributed by atoms with Crippen molar-refractivity contribution in [3.8, 4) is 0 Å². The third kappa shape index (κ3) is 2.21. The minimum atomic E-state index is -0.698. The second-order valence-electron chi connectivity index (χ2n) is 3.86. The van der Waals surface area contributed by atoms with Crippen LogP contribution in [-0.2, 0) is 4.79 Å². The second-order valence-corrected chi connectivity index (χ2v) is 3.86. The summed E-state index contributed by atoms with van der Waals surface area (Å²) < 4.78 is 0. The molecule has 86 valence electrons. The molecule has 0 heterocycles. The monoisotopic (exact) mass is 220 g/mol. The van der Waals surface area contributed by atoms with Crippen molar-refractivity contribution in [1.82, 2.24) is 0 Å². The average molecular weight is 220 g/mol. The van der Waals surface area contributed by atoms with Gasteiger partial charge in [-0.05, 0) is 30.5 Å². The van der Waals surface area contributed by atoms with E-state index in [9.17, 15) is 4.79 Å². The van der Waals surface area contributed by atoms with Gasteiger partial charge in [0.1, 0.15) is 0 Å². The Bertz CT molecular complexity index is 439. The van der Waals surface area contributed by atoms with E-state index in [1.165, 1.54) is 0 Å². The molecule has 0 bridgehead atoms. The maximum Gasteiger partial charge on any atom is 0.267 e. The average Bonchev–Trinajstić information content (AvgIpc) is 2.22. The smallest absolute Gasteiger partial charge is 0.267 e. The van der Waals surface area contributed by atoms with Gasteiger partial charge < -0.3 is 10.9 Å². The molecule has 16 heavy (non-hydrogen) atoms. The lowest BCUT2D eigenvalue weighted by atomic mass is 9.90. The minimum Gasteiger partial charge on any atom is -0.410 e. The van der Waals surface area contributed by atoms with E-state index in [0.29, 0.717) is 0 Å². The molecule has 0 aliphatic rings. The summed E-state index contributed by atoms with van der Waals surface area (Å²) in [5.74, 6) is -1.00. The molecule has 1 amide bonds. The fraction of sp³-hybridized carbons (Fsp3) is 0.333. The maximum atomic E-state index is 11.1. The number of carbonyl (C=O) groups is 1. The fourth-order valence-electron chi connectivity index (χ4n) is 1.74. The summed E-state index contributed by atoms with van der Waals surface area (Å²) in [5, 5.41) is 11.8. The number of amides is 1. The highest BCUT2D eigenvalue weighted by Gasteiger charge is 2.20. The van der Waals surface area contributed by atoms with Crippen LogP contribution in [0.5, 0.6) is 0 Å². The highest BCUT2D eigenvalue weighted by molar-refractivity contribution is 6.40. The van der Waals surface area contributed by atoms with Gasteiger partial charge in [-0.2, -0.15) is 0 Å². The van der Waals surface area contributed by atoms with Gasteiger partial charge in [0, 0.05) is 5.92 Å². The van der Waals surface area contributed by atoms with Crippen molar-refractivity contribution in [3.63, 3.8) is 0 Å². The van der Waals surface area contributed by atoms with Crippen LogP contribution in [0.3, 0.4) is 0 Å². The van der Waals surface area contributed by atoms with Gasteiger partial charge in [-0.1, -0.05) is 30.3 Å². The minimum absolute atomic E-state index is 0.0197. The van der Waals surface area contributed by atoms with E-state index in [0.717, 1.165) is 16.7 Å². The number of rotatable bonds is 3. The molecule has 4 heteroatoms. The Kier molecular flexibility index (Phi) is 3.66. The zero-order valence-electron chi connectivity index (χ0n) is 9.69. The lowest BCUT2D eigenvalue weighted by Gasteiger charge is -2.15. The molecule has 1 unspecified atom stereocenters. The van der Waals surface area contributed by atoms with Crippen LogP contribution in [0.15, 0.2) is 23.4 Å². The first-order chi connectivity index (χ1) is 7.49. The van der Waals surface area contributed by atoms with Gasteiger partial charge in [-0.25, -0.2) is 0 Å². The van der Waals surface area contributed by atoms with E-state index in [-0.39, 0.29) is 11.6 Å². The van der Waals surface area contributed by atoms with Crippen LogP contribution < -0.4 is 5.73 Å². The molecule has 0 fully saturated rings. The van der Waals surface area contributed by atoms with Crippen LogP contribution >= 0.6 is 0 Å². The van der Waals surface area contributed by atoms with Crippen LogP contribution in [0.2, 0.25) is 0 Å². The van der Waals surface area contributed by atoms with Gasteiger partial charge >= 0.3 is 0 Å². The molecule has 0 spiro atoms. The molecule has 0 aromatic heterocycles. The van der Waals surface area contributed by atoms with Gasteiger partial charge in [0.05, 0.1) is 0 Å². The second kappa shape index (κ2) is 4.79. The van der Waals surface area contributed by atoms with Gasteiger partial charge in [0.15, 0.2) is 5.71 Å². The van der Waals surface area contributed by atoms with Gasteiger partial charge in [-0.3, -0.25) is 4.79 Å². The first kappa shape index (κ1) is 12.2. The zero-order valence-corrected chi connectivity index (χ0v) is 9.69. The normalized spacial score (nSPS) is 13.6. The predicted octanol–water partition coefficient (Wildman–Crippen LogP) is 1.72. The Morgan fingerprint density at radius 1 is 1.44 bits per heavy atom. The van der Waals surface area contributed by atoms with Crippen molar-refractivity contribution in [2.75, 3.05) is 0 Å². The summed E-state index contributed by atoms with van der Waals surface area (Å²) in [5.41, 5.74) is 8.29. The van der Waals surface area contributed by atoms with Crippen LogP contribution in [0.4, 0.5) is 0 Å². The van der Waals surface area contributed by atoms with E-state index in [2.05, 4.69) is 5.16 Å². The molecule has 0 saturated carbocycles. The molecule has 4 nitrogen and oxygen atoms in total. The summed E-state index contributed by atoms with van der Waals surface area (Å²) in [6.45, 7) is 5.75. The number of hydrogen-bond donors (Lipinski definition) is 2. The van der Waals surface area contributed by atoms with Crippen molar-refractivity contribution in [3.05, 3.63) is 34.9 Å². The van der Waals surface area contributed by atoms with Crippen molar-refractivity contribution in [1.29, 1.82) is 0 Å². The van der Waals surface area contributed by atoms with Crippen LogP contribution in [-0.4, -0.2) is 16.8 Å². The number of carbonyl (C=O) groups excluding carboxylic acids is 1. The molecule has 1 aromatic rings. The maximum absolute atomic E-state index is 11.1. The molecular weight excluding hydrogens is 204 g/mol. The van der Waals surface area contributed by atoms with E-state index in [1.54, 1.807) is 6.92 Å². The third-order valence-electron chi connectivity index (χ3n) is 2.88. The van der Waals surface area contributed by atoms with Crippen molar-refractivity contribution < 1.29 is 10.0 Å². The Hall–Kier alpha value is -1.84. The van der Waals surface area contributed by atoms with Gasteiger partial charge in [0.25, 0.3) is 5.91 Å². The van der Waals surface area contributed by atoms with Crippen molar-refractivity contribution >= 4 is 11.6 Å². The summed E-state index contributed by atoms with van der Waals surface area (Å²) >= 11 is 0. The lowest BCUT2D eigenvalue weighted by Crippen LogP contribution is -2.28. The molecule has 0 aliphatic carbocycles. The standard InChI is InChI=1S/C12H16N2O2/c1-7-5-4-6-10(8(7)2)9(3)11(14-16)12(13)15/h4-6,9,16H,1-3H3,(H2,13,15)/b14-11-. The molecular formula is C12H16N2O2. The molecule has 1 aromatic carbocycles. The zero-order chi connectivity index (χ0) is 12.3. The number of nitrogens with two attached hydrogens (primary N) is 1. The summed E-state index contributed by atoms with van der Waals surface area (Å²) in [7, 11) is 0. The highest BCUT2D eigenvalue weighted by atomic mass is 16.4. The summed E-state index contributed by atoms with van der Waals surface area (Å²) in [4.78, 5) is 11.1. The largest absolute Gasteiger partial charge is 0.410 e. The molecule has 3 N–H and O–H groups in total. The number of benzene rings is 1. The molecule has 1 rings (SSSR count). The van der Waals surface area contributed by atoms with E-state index in [4.69, 9.17) is 10.9 Å². The number of hydrogen-bond acceptors (Lipinski definition) is 3. The number of primary amides is 1. The van der Waals surface area contributed by atoms with Crippen LogP contribution in [0.1, 0.15) is 29.5 Å². The van der Waals surface area contributed by atoms with E-state index in [1.807, 2.05) is 32.0 Å². The molecule has 1 atom stereocenters. The van der Waals surface area contributed by atoms with Gasteiger partial charge in [0.2, 0.25) is 0 Å². The Labute approximate surface area is 94.8 Å². The Balaban J connectivity index is 3.19. The van der Waals surface area contributed by atoms with E-state index < -0.39 is 5.91 Å². The Morgan fingerprint density at radius 2 is 2.06 bits per heavy atom. The quantitative estimate of drug-likeness (QED) is 0.462. The Morgan fingerprint density at radius 3 is 2.56 bits per heavy atom. The van der Waals surface area contributed by atoms with Crippen molar-refractivity contribution in [2.45, 2.75) is 26.7 Å². The number of aryl methyl sites for hydroxylation is 1. The molecule has 0 aliphatic heterocycles. The third-order valence-corrected chi connectivity index (χ3v) is 2.88. The predicted molar refractivity (Wildman–Crippen MR) is 62.7 cm³/mol. The fourth-order valence-corrected chi connectivity index (χ4v) is 1.74. The number of nitrogens with zero attached hydrogens (tertiary/aromatic N) is 1. The van der Waals surface area contributed by atoms with Crippen molar-refractivity contribution in [2.24, 2.45) is 10.9 Å². The van der Waals surface area contributed by atoms with E-state index >= 15 is 0 Å². The summed E-state index contributed by atoms with van der Waals surface area (Å²) in [6.07, 6.45) is 0. The first-order valence-corrected chi connectivity index (χ1v) is 5.07. The first-order valence-electron chi connectivity index (χ1n) is 5.07. The van der Waals surface area contributed by atoms with Gasteiger partial charge in [-0.15, -0.1) is 0 Å². The molecule has 0 radical (unpaired) electrons. The summed E-state index contributed by atoms with van der Waals surface area (Å²) in [6, 6.07) is 5.80. The topological polar surface area (TPSA) is 75.7 Å². The molecule has 0 saturated heterocycles. The highest BCUT2D eigenvalue weighted by Crippen LogP contribution is 2.23.